The molecule has 0 saturated carbocycles. The van der Waals surface area contributed by atoms with Gasteiger partial charge in [0.15, 0.2) is 12.2 Å². The molecule has 97 heavy (non-hydrogen) atoms. The van der Waals surface area contributed by atoms with Crippen molar-refractivity contribution in [3.05, 3.63) is 0 Å². The van der Waals surface area contributed by atoms with Gasteiger partial charge in [-0.2, -0.15) is 0 Å². The van der Waals surface area contributed by atoms with Gasteiger partial charge < -0.3 is 33.8 Å². The molecule has 0 aromatic carbocycles. The number of hydrogen-bond acceptors (Lipinski definition) is 15. The van der Waals surface area contributed by atoms with E-state index in [4.69, 9.17) is 37.0 Å². The van der Waals surface area contributed by atoms with E-state index in [1.807, 2.05) is 0 Å². The number of unbranched alkanes of at least 4 members (excludes halogenated alkanes) is 47. The fourth-order valence-electron chi connectivity index (χ4n) is 12.0. The van der Waals surface area contributed by atoms with Crippen molar-refractivity contribution in [3.8, 4) is 0 Å². The predicted octanol–water partition coefficient (Wildman–Crippen LogP) is 23.1. The largest absolute Gasteiger partial charge is 0.472 e. The third-order valence-corrected chi connectivity index (χ3v) is 20.1. The first-order chi connectivity index (χ1) is 46.9. The normalized spacial score (nSPS) is 14.0. The van der Waals surface area contributed by atoms with Crippen molar-refractivity contribution < 1.29 is 80.2 Å². The van der Waals surface area contributed by atoms with E-state index in [0.717, 1.165) is 102 Å². The van der Waals surface area contributed by atoms with Crippen LogP contribution in [0.1, 0.15) is 408 Å². The highest BCUT2D eigenvalue weighted by Gasteiger charge is 2.30. The Morgan fingerprint density at radius 3 is 0.701 bits per heavy atom. The van der Waals surface area contributed by atoms with Gasteiger partial charge in [0.25, 0.3) is 0 Å². The number of ether oxygens (including phenoxy) is 4. The average molecular weight is 1420 g/mol. The number of carbonyl (C=O) groups is 4. The van der Waals surface area contributed by atoms with Gasteiger partial charge >= 0.3 is 39.5 Å². The lowest BCUT2D eigenvalue weighted by atomic mass is 10.0. The standard InChI is InChI=1S/C78H152O17P2/c1-7-9-11-13-15-17-18-19-20-21-22-23-24-25-30-33-36-39-43-50-56-62-77(82)94-73(66-89-76(81)61-55-49-42-38-35-32-29-27-26-28-31-34-37-40-46-52-58-70(3)4)68-92-96(84,85)90-64-72(79)65-91-97(86,87)93-69-74(67-88-75(80)60-54-48-41-16-14-12-10-8-2)95-78(83)63-57-51-45-44-47-53-59-71(5)6/h70-74,79H,7-69H2,1-6H3,(H,84,85)(H,86,87)/t72-,73-,74-/m1/s1. The maximum Gasteiger partial charge on any atom is 0.472 e. The second kappa shape index (κ2) is 69.8. The van der Waals surface area contributed by atoms with E-state index in [0.29, 0.717) is 31.6 Å². The lowest BCUT2D eigenvalue weighted by Crippen LogP contribution is -2.30. The molecule has 3 N–H and O–H groups in total. The van der Waals surface area contributed by atoms with E-state index in [9.17, 15) is 43.2 Å². The summed E-state index contributed by atoms with van der Waals surface area (Å²) in [7, 11) is -9.91. The van der Waals surface area contributed by atoms with Gasteiger partial charge in [0.2, 0.25) is 0 Å². The highest BCUT2D eigenvalue weighted by Crippen LogP contribution is 2.45. The first-order valence-electron chi connectivity index (χ1n) is 40.5. The zero-order chi connectivity index (χ0) is 71.4. The van der Waals surface area contributed by atoms with Crippen LogP contribution in [0.5, 0.6) is 0 Å². The average Bonchev–Trinajstić information content (AvgIpc) is 1.44. The van der Waals surface area contributed by atoms with Crippen LogP contribution in [-0.2, 0) is 65.4 Å². The molecule has 0 saturated heterocycles. The minimum absolute atomic E-state index is 0.102. The van der Waals surface area contributed by atoms with E-state index >= 15 is 0 Å². The lowest BCUT2D eigenvalue weighted by Gasteiger charge is -2.21. The van der Waals surface area contributed by atoms with Crippen LogP contribution in [0.4, 0.5) is 0 Å². The molecule has 0 rings (SSSR count). The fourth-order valence-corrected chi connectivity index (χ4v) is 13.6. The summed E-state index contributed by atoms with van der Waals surface area (Å²) >= 11 is 0. The van der Waals surface area contributed by atoms with Crippen molar-refractivity contribution in [1.82, 2.24) is 0 Å². The second-order valence-corrected chi connectivity index (χ2v) is 32.0. The Kier molecular flexibility index (Phi) is 68.4. The first kappa shape index (κ1) is 95.1. The summed E-state index contributed by atoms with van der Waals surface area (Å²) in [5.41, 5.74) is 0. The third-order valence-electron chi connectivity index (χ3n) is 18.2. The smallest absolute Gasteiger partial charge is 0.462 e. The van der Waals surface area contributed by atoms with Gasteiger partial charge in [-0.05, 0) is 37.5 Å². The fraction of sp³-hybridized carbons (Fsp3) is 0.949. The zero-order valence-electron chi connectivity index (χ0n) is 63.4. The molecule has 0 bridgehead atoms. The Balaban J connectivity index is 5.15. The van der Waals surface area contributed by atoms with Gasteiger partial charge in [0, 0.05) is 25.7 Å². The van der Waals surface area contributed by atoms with E-state index in [2.05, 4.69) is 41.5 Å². The van der Waals surface area contributed by atoms with Crippen LogP contribution in [0.15, 0.2) is 0 Å². The minimum Gasteiger partial charge on any atom is -0.462 e. The summed E-state index contributed by atoms with van der Waals surface area (Å²) < 4.78 is 68.4. The number of aliphatic hydroxyl groups excluding tert-OH is 1. The van der Waals surface area contributed by atoms with Crippen LogP contribution in [-0.4, -0.2) is 96.7 Å². The molecule has 19 heteroatoms. The Morgan fingerprint density at radius 1 is 0.278 bits per heavy atom. The maximum atomic E-state index is 13.1. The SMILES string of the molecule is CCCCCCCCCCCCCCCCCCCCCCCC(=O)O[C@H](COC(=O)CCCCCCCCCCCCCCCCCCC(C)C)COP(=O)(O)OC[C@@H](O)COP(=O)(O)OC[C@@H](COC(=O)CCCCCCCCCC)OC(=O)CCCCCCCCC(C)C. The zero-order valence-corrected chi connectivity index (χ0v) is 65.2. The van der Waals surface area contributed by atoms with Gasteiger partial charge in [-0.3, -0.25) is 37.3 Å². The number of carbonyl (C=O) groups excluding carboxylic acids is 4. The molecule has 576 valence electrons. The van der Waals surface area contributed by atoms with E-state index < -0.39 is 97.5 Å². The third kappa shape index (κ3) is 72.2. The number of aliphatic hydroxyl groups is 1. The molecule has 0 fully saturated rings. The van der Waals surface area contributed by atoms with Gasteiger partial charge in [-0.25, -0.2) is 9.13 Å². The first-order valence-corrected chi connectivity index (χ1v) is 43.5. The van der Waals surface area contributed by atoms with Gasteiger partial charge in [-0.15, -0.1) is 0 Å². The highest BCUT2D eigenvalue weighted by atomic mass is 31.2. The molecule has 0 aliphatic rings. The molecular weight excluding hydrogens is 1270 g/mol. The maximum absolute atomic E-state index is 13.1. The molecule has 0 aliphatic heterocycles. The van der Waals surface area contributed by atoms with Crippen molar-refractivity contribution in [2.24, 2.45) is 11.8 Å². The summed E-state index contributed by atoms with van der Waals surface area (Å²) in [5.74, 6) is -0.640. The molecule has 0 spiro atoms. The predicted molar refractivity (Wildman–Crippen MR) is 395 cm³/mol. The van der Waals surface area contributed by atoms with Crippen LogP contribution >= 0.6 is 15.6 Å². The van der Waals surface area contributed by atoms with Gasteiger partial charge in [0.05, 0.1) is 26.4 Å². The molecular formula is C78H152O17P2. The number of esters is 4. The van der Waals surface area contributed by atoms with E-state index in [-0.39, 0.29) is 25.7 Å². The van der Waals surface area contributed by atoms with Crippen LogP contribution in [0.2, 0.25) is 0 Å². The van der Waals surface area contributed by atoms with Crippen molar-refractivity contribution >= 4 is 39.5 Å². The molecule has 0 aliphatic carbocycles. The second-order valence-electron chi connectivity index (χ2n) is 29.1. The van der Waals surface area contributed by atoms with Crippen LogP contribution in [0, 0.1) is 11.8 Å². The Labute approximate surface area is 594 Å². The molecule has 5 atom stereocenters. The Bertz CT molecular complexity index is 1870. The van der Waals surface area contributed by atoms with Crippen LogP contribution < -0.4 is 0 Å². The Hall–Kier alpha value is -1.94. The Morgan fingerprint density at radius 2 is 0.474 bits per heavy atom. The van der Waals surface area contributed by atoms with Gasteiger partial charge in [0.1, 0.15) is 19.3 Å². The molecule has 0 radical (unpaired) electrons. The van der Waals surface area contributed by atoms with E-state index in [1.165, 1.54) is 218 Å². The monoisotopic (exact) mass is 1420 g/mol. The number of phosphoric acid groups is 2. The molecule has 0 aromatic rings. The van der Waals surface area contributed by atoms with Crippen molar-refractivity contribution in [1.29, 1.82) is 0 Å². The summed E-state index contributed by atoms with van der Waals surface area (Å²) in [4.78, 5) is 72.7. The van der Waals surface area contributed by atoms with Crippen molar-refractivity contribution in [2.75, 3.05) is 39.6 Å². The van der Waals surface area contributed by atoms with E-state index in [1.54, 1.807) is 0 Å². The molecule has 0 heterocycles. The molecule has 0 aromatic heterocycles. The number of rotatable bonds is 77. The number of phosphoric ester groups is 2. The molecule has 17 nitrogen and oxygen atoms in total. The topological polar surface area (TPSA) is 237 Å². The van der Waals surface area contributed by atoms with Gasteiger partial charge in [-0.1, -0.05) is 356 Å². The van der Waals surface area contributed by atoms with Crippen molar-refractivity contribution in [2.45, 2.75) is 426 Å². The summed E-state index contributed by atoms with van der Waals surface area (Å²) in [6, 6.07) is 0. The van der Waals surface area contributed by atoms with Crippen molar-refractivity contribution in [3.63, 3.8) is 0 Å². The quantitative estimate of drug-likeness (QED) is 0.0222. The highest BCUT2D eigenvalue weighted by molar-refractivity contribution is 7.47. The lowest BCUT2D eigenvalue weighted by molar-refractivity contribution is -0.161. The van der Waals surface area contributed by atoms with Crippen LogP contribution in [0.25, 0.3) is 0 Å². The number of hydrogen-bond donors (Lipinski definition) is 3. The minimum atomic E-state index is -4.96. The van der Waals surface area contributed by atoms with Crippen LogP contribution in [0.3, 0.4) is 0 Å². The summed E-state index contributed by atoms with van der Waals surface area (Å²) in [6.45, 7) is 9.51. The molecule has 0 amide bonds. The molecule has 2 unspecified atom stereocenters. The summed E-state index contributed by atoms with van der Waals surface area (Å²) in [6.07, 6.45) is 58.8. The summed E-state index contributed by atoms with van der Waals surface area (Å²) in [5, 5.41) is 10.6.